The molecule has 1 saturated carbocycles. The van der Waals surface area contributed by atoms with Crippen LogP contribution in [0.15, 0.2) is 6.33 Å². The van der Waals surface area contributed by atoms with E-state index in [4.69, 9.17) is 5.84 Å². The van der Waals surface area contributed by atoms with Gasteiger partial charge in [0.05, 0.1) is 0 Å². The molecule has 0 aromatic carbocycles. The third kappa shape index (κ3) is 2.41. The second-order valence-corrected chi connectivity index (χ2v) is 4.67. The van der Waals surface area contributed by atoms with Gasteiger partial charge < -0.3 is 0 Å². The summed E-state index contributed by atoms with van der Waals surface area (Å²) >= 11 is 0. The first-order valence-electron chi connectivity index (χ1n) is 6.09. The predicted octanol–water partition coefficient (Wildman–Crippen LogP) is 0.718. The minimum atomic E-state index is 0.307. The van der Waals surface area contributed by atoms with Crippen molar-refractivity contribution in [1.29, 1.82) is 0 Å². The van der Waals surface area contributed by atoms with E-state index in [1.54, 1.807) is 6.33 Å². The van der Waals surface area contributed by atoms with Crippen molar-refractivity contribution in [3.05, 3.63) is 12.2 Å². The molecule has 0 spiro atoms. The number of nitrogens with zero attached hydrogens (tertiary/aromatic N) is 3. The summed E-state index contributed by atoms with van der Waals surface area (Å²) in [6.45, 7) is 5.21. The molecule has 2 atom stereocenters. The second-order valence-electron chi connectivity index (χ2n) is 4.67. The van der Waals surface area contributed by atoms with Crippen LogP contribution in [0, 0.1) is 11.8 Å². The average Bonchev–Trinajstić information content (AvgIpc) is 3.05. The van der Waals surface area contributed by atoms with Crippen molar-refractivity contribution in [3.8, 4) is 0 Å². The van der Waals surface area contributed by atoms with Gasteiger partial charge in [0.25, 0.3) is 0 Å². The number of hydrogen-bond donors (Lipinski definition) is 2. The van der Waals surface area contributed by atoms with E-state index >= 15 is 0 Å². The van der Waals surface area contributed by atoms with Crippen LogP contribution in [0.25, 0.3) is 0 Å². The fraction of sp³-hybridized carbons (Fsp3) is 0.818. The highest BCUT2D eigenvalue weighted by atomic mass is 15.3. The number of hydrogen-bond acceptors (Lipinski definition) is 4. The molecule has 1 aromatic heterocycles. The van der Waals surface area contributed by atoms with E-state index in [9.17, 15) is 0 Å². The molecule has 3 N–H and O–H groups in total. The van der Waals surface area contributed by atoms with Gasteiger partial charge in [-0.05, 0) is 31.6 Å². The molecule has 1 aromatic rings. The van der Waals surface area contributed by atoms with Gasteiger partial charge in [-0.2, -0.15) is 5.10 Å². The third-order valence-electron chi connectivity index (χ3n) is 3.61. The minimum absolute atomic E-state index is 0.307. The lowest BCUT2D eigenvalue weighted by molar-refractivity contribution is 0.335. The van der Waals surface area contributed by atoms with Gasteiger partial charge in [0.1, 0.15) is 12.2 Å². The van der Waals surface area contributed by atoms with Crippen LogP contribution < -0.4 is 11.3 Å². The molecule has 1 aliphatic rings. The lowest BCUT2D eigenvalue weighted by Crippen LogP contribution is -2.42. The highest BCUT2D eigenvalue weighted by Gasteiger charge is 2.33. The molecule has 0 saturated heterocycles. The first kappa shape index (κ1) is 11.5. The van der Waals surface area contributed by atoms with Crippen molar-refractivity contribution in [2.45, 2.75) is 45.7 Å². The minimum Gasteiger partial charge on any atom is -0.271 e. The summed E-state index contributed by atoms with van der Waals surface area (Å²) in [6, 6.07) is 0.307. The molecule has 1 aliphatic carbocycles. The Bertz CT molecular complexity index is 331. The quantitative estimate of drug-likeness (QED) is 0.551. The second kappa shape index (κ2) is 4.93. The normalized spacial score (nSPS) is 19.7. The molecule has 16 heavy (non-hydrogen) atoms. The standard InChI is InChI=1S/C11H21N5/c1-3-16-11(13-7-14-16)6-10(15-12)8(2)9-4-5-9/h7-10,15H,3-6,12H2,1-2H3. The van der Waals surface area contributed by atoms with Crippen LogP contribution in [0.5, 0.6) is 0 Å². The topological polar surface area (TPSA) is 68.8 Å². The Hall–Kier alpha value is -0.940. The molecular formula is C11H21N5. The summed E-state index contributed by atoms with van der Waals surface area (Å²) in [5.74, 6) is 8.13. The molecule has 5 heteroatoms. The largest absolute Gasteiger partial charge is 0.271 e. The summed E-state index contributed by atoms with van der Waals surface area (Å²) in [7, 11) is 0. The zero-order valence-corrected chi connectivity index (χ0v) is 10.1. The number of aryl methyl sites for hydroxylation is 1. The molecule has 1 fully saturated rings. The van der Waals surface area contributed by atoms with E-state index in [2.05, 4.69) is 29.4 Å². The van der Waals surface area contributed by atoms with E-state index in [0.29, 0.717) is 12.0 Å². The summed E-state index contributed by atoms with van der Waals surface area (Å²) in [6.07, 6.45) is 5.18. The monoisotopic (exact) mass is 223 g/mol. The first-order valence-corrected chi connectivity index (χ1v) is 6.09. The summed E-state index contributed by atoms with van der Waals surface area (Å²) in [5, 5.41) is 4.18. The van der Waals surface area contributed by atoms with Crippen LogP contribution in [0.4, 0.5) is 0 Å². The van der Waals surface area contributed by atoms with E-state index in [1.807, 2.05) is 4.68 Å². The van der Waals surface area contributed by atoms with Gasteiger partial charge >= 0.3 is 0 Å². The highest BCUT2D eigenvalue weighted by Crippen LogP contribution is 2.38. The van der Waals surface area contributed by atoms with Crippen molar-refractivity contribution in [2.75, 3.05) is 0 Å². The Morgan fingerprint density at radius 3 is 2.94 bits per heavy atom. The molecule has 90 valence electrons. The molecule has 2 unspecified atom stereocenters. The van der Waals surface area contributed by atoms with Gasteiger partial charge in [0, 0.05) is 19.0 Å². The average molecular weight is 223 g/mol. The van der Waals surface area contributed by atoms with Gasteiger partial charge in [0.2, 0.25) is 0 Å². The van der Waals surface area contributed by atoms with Crippen LogP contribution >= 0.6 is 0 Å². The zero-order chi connectivity index (χ0) is 11.5. The molecule has 0 aliphatic heterocycles. The van der Waals surface area contributed by atoms with Crippen LogP contribution in [0.3, 0.4) is 0 Å². The number of hydrazine groups is 1. The first-order chi connectivity index (χ1) is 7.76. The lowest BCUT2D eigenvalue weighted by Gasteiger charge is -2.22. The van der Waals surface area contributed by atoms with Gasteiger partial charge in [-0.15, -0.1) is 0 Å². The van der Waals surface area contributed by atoms with Gasteiger partial charge in [-0.25, -0.2) is 4.98 Å². The maximum Gasteiger partial charge on any atom is 0.138 e. The molecule has 2 rings (SSSR count). The number of rotatable bonds is 6. The van der Waals surface area contributed by atoms with Gasteiger partial charge in [-0.1, -0.05) is 6.92 Å². The molecular weight excluding hydrogens is 202 g/mol. The van der Waals surface area contributed by atoms with Crippen LogP contribution in [-0.4, -0.2) is 20.8 Å². The van der Waals surface area contributed by atoms with E-state index in [0.717, 1.165) is 24.7 Å². The van der Waals surface area contributed by atoms with E-state index in [1.165, 1.54) is 12.8 Å². The maximum atomic E-state index is 5.64. The zero-order valence-electron chi connectivity index (χ0n) is 10.1. The third-order valence-corrected chi connectivity index (χ3v) is 3.61. The van der Waals surface area contributed by atoms with Crippen molar-refractivity contribution >= 4 is 0 Å². The van der Waals surface area contributed by atoms with Crippen molar-refractivity contribution in [3.63, 3.8) is 0 Å². The highest BCUT2D eigenvalue weighted by molar-refractivity contribution is 4.94. The number of nitrogens with one attached hydrogen (secondary N) is 1. The lowest BCUT2D eigenvalue weighted by atomic mass is 9.94. The SMILES string of the molecule is CCn1ncnc1CC(NN)C(C)C1CC1. The van der Waals surface area contributed by atoms with Gasteiger partial charge in [-0.3, -0.25) is 16.0 Å². The van der Waals surface area contributed by atoms with Crippen molar-refractivity contribution in [1.82, 2.24) is 20.2 Å². The van der Waals surface area contributed by atoms with Crippen molar-refractivity contribution in [2.24, 2.45) is 17.7 Å². The summed E-state index contributed by atoms with van der Waals surface area (Å²) < 4.78 is 1.93. The number of nitrogens with two attached hydrogens (primary N) is 1. The molecule has 0 radical (unpaired) electrons. The van der Waals surface area contributed by atoms with E-state index in [-0.39, 0.29) is 0 Å². The Balaban J connectivity index is 2.00. The number of aromatic nitrogens is 3. The van der Waals surface area contributed by atoms with Crippen molar-refractivity contribution < 1.29 is 0 Å². The van der Waals surface area contributed by atoms with Crippen LogP contribution in [0.1, 0.15) is 32.5 Å². The molecule has 0 bridgehead atoms. The maximum absolute atomic E-state index is 5.64. The Labute approximate surface area is 96.4 Å². The molecule has 0 amide bonds. The fourth-order valence-corrected chi connectivity index (χ4v) is 2.25. The van der Waals surface area contributed by atoms with Crippen LogP contribution in [-0.2, 0) is 13.0 Å². The Morgan fingerprint density at radius 1 is 1.62 bits per heavy atom. The van der Waals surface area contributed by atoms with E-state index < -0.39 is 0 Å². The Morgan fingerprint density at radius 2 is 2.38 bits per heavy atom. The summed E-state index contributed by atoms with van der Waals surface area (Å²) in [4.78, 5) is 4.29. The Kier molecular flexibility index (Phi) is 3.56. The molecule has 5 nitrogen and oxygen atoms in total. The van der Waals surface area contributed by atoms with Crippen LogP contribution in [0.2, 0.25) is 0 Å². The summed E-state index contributed by atoms with van der Waals surface area (Å²) in [5.41, 5.74) is 2.93. The predicted molar refractivity (Wildman–Crippen MR) is 62.4 cm³/mol. The smallest absolute Gasteiger partial charge is 0.138 e. The fourth-order valence-electron chi connectivity index (χ4n) is 2.25. The van der Waals surface area contributed by atoms with Gasteiger partial charge in [0.15, 0.2) is 0 Å². The molecule has 1 heterocycles.